The van der Waals surface area contributed by atoms with Crippen LogP contribution in [-0.2, 0) is 4.18 Å². The molecule has 0 unspecified atom stereocenters. The van der Waals surface area contributed by atoms with Crippen LogP contribution in [0.1, 0.15) is 6.92 Å². The van der Waals surface area contributed by atoms with Crippen LogP contribution in [0, 0.1) is 0 Å². The number of hydrogen-bond acceptors (Lipinski definition) is 2. The molecule has 0 N–H and O–H groups in total. The highest BCUT2D eigenvalue weighted by Crippen LogP contribution is 2.00. The normalized spacial score (nSPS) is 10.1. The smallest absolute Gasteiger partial charge is 0.0799 e. The van der Waals surface area contributed by atoms with Gasteiger partial charge in [-0.3, -0.25) is 0 Å². The monoisotopic (exact) mass is 130 g/mol. The summed E-state index contributed by atoms with van der Waals surface area (Å²) in [5.41, 5.74) is 0. The molecule has 46 valence electrons. The lowest BCUT2D eigenvalue weighted by Crippen LogP contribution is -1.75. The van der Waals surface area contributed by atoms with E-state index in [1.54, 1.807) is 5.41 Å². The Morgan fingerprint density at radius 2 is 2.50 bits per heavy atom. The van der Waals surface area contributed by atoms with E-state index in [1.807, 2.05) is 19.1 Å². The van der Waals surface area contributed by atoms with Gasteiger partial charge < -0.3 is 4.18 Å². The molecule has 0 aliphatic rings. The topological polar surface area (TPSA) is 9.23 Å². The molecule has 0 radical (unpaired) electrons. The molecule has 0 rings (SSSR count). The second kappa shape index (κ2) is 6.79. The minimum Gasteiger partial charge on any atom is -0.307 e. The van der Waals surface area contributed by atoms with Crippen molar-refractivity contribution in [3.63, 3.8) is 0 Å². The second-order valence-corrected chi connectivity index (χ2v) is 1.88. The molecule has 0 aliphatic carbocycles. The molecule has 0 atom stereocenters. The molecule has 0 aromatic carbocycles. The molecule has 0 aliphatic heterocycles. The lowest BCUT2D eigenvalue weighted by molar-refractivity contribution is 0.432. The third-order valence-corrected chi connectivity index (χ3v) is 0.944. The van der Waals surface area contributed by atoms with E-state index in [4.69, 9.17) is 4.18 Å². The van der Waals surface area contributed by atoms with Crippen LogP contribution in [0.5, 0.6) is 0 Å². The van der Waals surface area contributed by atoms with E-state index in [9.17, 15) is 0 Å². The highest BCUT2D eigenvalue weighted by atomic mass is 32.2. The van der Waals surface area contributed by atoms with Crippen molar-refractivity contribution in [2.75, 3.05) is 6.61 Å². The molecule has 0 heterocycles. The van der Waals surface area contributed by atoms with Gasteiger partial charge in [0.05, 0.1) is 6.61 Å². The Balaban J connectivity index is 2.82. The van der Waals surface area contributed by atoms with Gasteiger partial charge in [-0.25, -0.2) is 0 Å². The van der Waals surface area contributed by atoms with E-state index in [0.29, 0.717) is 6.61 Å². The summed E-state index contributed by atoms with van der Waals surface area (Å²) in [6.45, 7) is 6.09. The van der Waals surface area contributed by atoms with Gasteiger partial charge in [0, 0.05) is 12.0 Å². The van der Waals surface area contributed by atoms with Crippen molar-refractivity contribution in [2.24, 2.45) is 0 Å². The maximum atomic E-state index is 4.94. The third kappa shape index (κ3) is 5.79. The van der Waals surface area contributed by atoms with Crippen molar-refractivity contribution in [1.82, 2.24) is 0 Å². The fourth-order valence-electron chi connectivity index (χ4n) is 0.223. The Morgan fingerprint density at radius 1 is 1.75 bits per heavy atom. The molecular formula is C6H10OS. The third-order valence-electron chi connectivity index (χ3n) is 0.536. The minimum atomic E-state index is 0.660. The van der Waals surface area contributed by atoms with E-state index >= 15 is 0 Å². The van der Waals surface area contributed by atoms with Gasteiger partial charge >= 0.3 is 0 Å². The Hall–Kier alpha value is -0.210. The van der Waals surface area contributed by atoms with E-state index < -0.39 is 0 Å². The molecule has 0 bridgehead atoms. The van der Waals surface area contributed by atoms with Crippen molar-refractivity contribution >= 4 is 12.0 Å². The molecule has 0 spiro atoms. The zero-order chi connectivity index (χ0) is 6.24. The Kier molecular flexibility index (Phi) is 6.61. The highest BCUT2D eigenvalue weighted by Gasteiger charge is 1.74. The van der Waals surface area contributed by atoms with Crippen molar-refractivity contribution in [2.45, 2.75) is 6.92 Å². The van der Waals surface area contributed by atoms with Crippen LogP contribution < -0.4 is 0 Å². The van der Waals surface area contributed by atoms with E-state index in [0.717, 1.165) is 0 Å². The van der Waals surface area contributed by atoms with Gasteiger partial charge in [-0.05, 0) is 12.3 Å². The summed E-state index contributed by atoms with van der Waals surface area (Å²) in [6.07, 6.45) is 3.89. The van der Waals surface area contributed by atoms with E-state index in [-0.39, 0.29) is 0 Å². The second-order valence-electron chi connectivity index (χ2n) is 1.12. The largest absolute Gasteiger partial charge is 0.307 e. The van der Waals surface area contributed by atoms with Gasteiger partial charge in [-0.15, -0.1) is 0 Å². The SMILES string of the molecule is C=CSOCC=CC. The molecule has 0 saturated heterocycles. The first-order valence-electron chi connectivity index (χ1n) is 2.42. The van der Waals surface area contributed by atoms with Crippen LogP contribution in [-0.4, -0.2) is 6.61 Å². The number of allylic oxidation sites excluding steroid dienone is 1. The Morgan fingerprint density at radius 3 is 3.00 bits per heavy atom. The predicted octanol–water partition coefficient (Wildman–Crippen LogP) is 2.37. The molecule has 8 heavy (non-hydrogen) atoms. The summed E-state index contributed by atoms with van der Waals surface area (Å²) in [4.78, 5) is 0. The molecule has 0 fully saturated rings. The summed E-state index contributed by atoms with van der Waals surface area (Å²) in [7, 11) is 0. The molecular weight excluding hydrogens is 120 g/mol. The summed E-state index contributed by atoms with van der Waals surface area (Å²) < 4.78 is 4.94. The summed E-state index contributed by atoms with van der Waals surface area (Å²) in [5.74, 6) is 0. The average molecular weight is 130 g/mol. The van der Waals surface area contributed by atoms with E-state index in [1.165, 1.54) is 12.0 Å². The molecule has 0 saturated carbocycles. The zero-order valence-electron chi connectivity index (χ0n) is 4.96. The number of rotatable bonds is 4. The fourth-order valence-corrected chi connectivity index (χ4v) is 0.476. The minimum absolute atomic E-state index is 0.660. The summed E-state index contributed by atoms with van der Waals surface area (Å²) >= 11 is 1.26. The van der Waals surface area contributed by atoms with Crippen molar-refractivity contribution < 1.29 is 4.18 Å². The van der Waals surface area contributed by atoms with Gasteiger partial charge in [-0.2, -0.15) is 0 Å². The lowest BCUT2D eigenvalue weighted by atomic mass is 10.6. The maximum absolute atomic E-state index is 4.94. The van der Waals surface area contributed by atoms with E-state index in [2.05, 4.69) is 6.58 Å². The quantitative estimate of drug-likeness (QED) is 0.328. The predicted molar refractivity (Wildman–Crippen MR) is 38.6 cm³/mol. The van der Waals surface area contributed by atoms with Gasteiger partial charge in [-0.1, -0.05) is 18.7 Å². The summed E-state index contributed by atoms with van der Waals surface area (Å²) in [5, 5.41) is 1.66. The van der Waals surface area contributed by atoms with Crippen LogP contribution in [0.3, 0.4) is 0 Å². The van der Waals surface area contributed by atoms with Crippen molar-refractivity contribution in [3.8, 4) is 0 Å². The Labute approximate surface area is 54.6 Å². The summed E-state index contributed by atoms with van der Waals surface area (Å²) in [6, 6.07) is 0. The molecule has 0 aromatic rings. The Bertz CT molecular complexity index is 78.6. The number of hydrogen-bond donors (Lipinski definition) is 0. The molecule has 2 heteroatoms. The molecule has 0 aromatic heterocycles. The van der Waals surface area contributed by atoms with Crippen LogP contribution in [0.4, 0.5) is 0 Å². The van der Waals surface area contributed by atoms with Gasteiger partial charge in [0.1, 0.15) is 0 Å². The maximum Gasteiger partial charge on any atom is 0.0799 e. The van der Waals surface area contributed by atoms with Crippen molar-refractivity contribution in [1.29, 1.82) is 0 Å². The standard InChI is InChI=1S/C6H10OS/c1-3-5-6-7-8-4-2/h3-5H,2,6H2,1H3. The highest BCUT2D eigenvalue weighted by molar-refractivity contribution is 7.97. The first-order chi connectivity index (χ1) is 3.91. The molecule has 0 amide bonds. The molecule has 1 nitrogen and oxygen atoms in total. The van der Waals surface area contributed by atoms with Crippen molar-refractivity contribution in [3.05, 3.63) is 24.1 Å². The van der Waals surface area contributed by atoms with Gasteiger partial charge in [0.25, 0.3) is 0 Å². The van der Waals surface area contributed by atoms with Crippen LogP contribution in [0.15, 0.2) is 24.1 Å². The van der Waals surface area contributed by atoms with Crippen LogP contribution in [0.2, 0.25) is 0 Å². The van der Waals surface area contributed by atoms with Crippen LogP contribution in [0.25, 0.3) is 0 Å². The average Bonchev–Trinajstić information content (AvgIpc) is 1.81. The van der Waals surface area contributed by atoms with Crippen LogP contribution >= 0.6 is 12.0 Å². The first kappa shape index (κ1) is 7.79. The van der Waals surface area contributed by atoms with Gasteiger partial charge in [0.15, 0.2) is 0 Å². The first-order valence-corrected chi connectivity index (χ1v) is 3.22. The fraction of sp³-hybridized carbons (Fsp3) is 0.333. The lowest BCUT2D eigenvalue weighted by Gasteiger charge is -1.88. The van der Waals surface area contributed by atoms with Gasteiger partial charge in [0.2, 0.25) is 0 Å². The zero-order valence-corrected chi connectivity index (χ0v) is 5.78.